The maximum Gasteiger partial charge on any atom is 0.237 e. The summed E-state index contributed by atoms with van der Waals surface area (Å²) in [4.78, 5) is 11.5. The molecule has 74 valence electrons. The Labute approximate surface area is 78.0 Å². The van der Waals surface area contributed by atoms with Gasteiger partial charge in [-0.15, -0.1) is 0 Å². The van der Waals surface area contributed by atoms with Gasteiger partial charge in [-0.2, -0.15) is 0 Å². The highest BCUT2D eigenvalue weighted by molar-refractivity contribution is 5.82. The van der Waals surface area contributed by atoms with Crippen LogP contribution in [-0.2, 0) is 9.53 Å². The number of ether oxygens (including phenoxy) is 1. The van der Waals surface area contributed by atoms with Gasteiger partial charge in [0.1, 0.15) is 0 Å². The highest BCUT2D eigenvalue weighted by Gasteiger charge is 2.26. The zero-order chi connectivity index (χ0) is 9.10. The van der Waals surface area contributed by atoms with Crippen LogP contribution in [0.4, 0.5) is 0 Å². The lowest BCUT2D eigenvalue weighted by Crippen LogP contribution is -2.55. The van der Waals surface area contributed by atoms with Gasteiger partial charge in [0.05, 0.1) is 6.04 Å². The van der Waals surface area contributed by atoms with Crippen LogP contribution < -0.4 is 10.6 Å². The Hall–Kier alpha value is -0.610. The molecule has 2 saturated heterocycles. The normalized spacial score (nSPS) is 29.4. The van der Waals surface area contributed by atoms with Gasteiger partial charge in [-0.25, -0.2) is 0 Å². The van der Waals surface area contributed by atoms with Gasteiger partial charge in [0.25, 0.3) is 0 Å². The summed E-state index contributed by atoms with van der Waals surface area (Å²) in [5.74, 6) is 0.165. The van der Waals surface area contributed by atoms with E-state index < -0.39 is 0 Å². The Kier molecular flexibility index (Phi) is 2.80. The highest BCUT2D eigenvalue weighted by atomic mass is 16.5. The molecule has 4 heteroatoms. The average molecular weight is 184 g/mol. The molecule has 0 unspecified atom stereocenters. The number of hydrogen-bond donors (Lipinski definition) is 2. The summed E-state index contributed by atoms with van der Waals surface area (Å²) >= 11 is 0. The van der Waals surface area contributed by atoms with E-state index in [9.17, 15) is 4.79 Å². The highest BCUT2D eigenvalue weighted by Crippen LogP contribution is 2.08. The third-order valence-electron chi connectivity index (χ3n) is 2.71. The second-order valence-electron chi connectivity index (χ2n) is 3.69. The average Bonchev–Trinajstić information content (AvgIpc) is 2.02. The first-order valence-electron chi connectivity index (χ1n) is 4.98. The number of amides is 1. The molecule has 2 fully saturated rings. The molecule has 2 aliphatic heterocycles. The van der Waals surface area contributed by atoms with Crippen LogP contribution >= 0.6 is 0 Å². The molecule has 2 aliphatic rings. The minimum absolute atomic E-state index is 0.0721. The molecule has 1 amide bonds. The van der Waals surface area contributed by atoms with Crippen LogP contribution in [0.3, 0.4) is 0 Å². The lowest BCUT2D eigenvalue weighted by molar-refractivity contribution is -0.126. The molecule has 4 nitrogen and oxygen atoms in total. The number of carbonyl (C=O) groups is 1. The Morgan fingerprint density at radius 2 is 2.00 bits per heavy atom. The molecule has 2 heterocycles. The molecule has 0 saturated carbocycles. The second-order valence-corrected chi connectivity index (χ2v) is 3.69. The monoisotopic (exact) mass is 184 g/mol. The van der Waals surface area contributed by atoms with Crippen LogP contribution in [-0.4, -0.2) is 37.7 Å². The van der Waals surface area contributed by atoms with Crippen LogP contribution in [0.1, 0.15) is 19.3 Å². The molecule has 0 spiro atoms. The van der Waals surface area contributed by atoms with E-state index in [1.807, 2.05) is 0 Å². The molecule has 0 aliphatic carbocycles. The lowest BCUT2D eigenvalue weighted by Gasteiger charge is -2.30. The van der Waals surface area contributed by atoms with Crippen LogP contribution in [0, 0.1) is 0 Å². The van der Waals surface area contributed by atoms with E-state index in [4.69, 9.17) is 4.74 Å². The van der Waals surface area contributed by atoms with Gasteiger partial charge in [-0.3, -0.25) is 4.79 Å². The van der Waals surface area contributed by atoms with Crippen molar-refractivity contribution in [3.05, 3.63) is 0 Å². The summed E-state index contributed by atoms with van der Waals surface area (Å²) < 4.78 is 5.22. The van der Waals surface area contributed by atoms with E-state index in [0.717, 1.165) is 39.0 Å². The van der Waals surface area contributed by atoms with Gasteiger partial charge in [0.2, 0.25) is 5.91 Å². The van der Waals surface area contributed by atoms with Gasteiger partial charge >= 0.3 is 0 Å². The summed E-state index contributed by atoms with van der Waals surface area (Å²) in [6.45, 7) is 2.54. The van der Waals surface area contributed by atoms with Crippen molar-refractivity contribution in [2.24, 2.45) is 0 Å². The second kappa shape index (κ2) is 4.07. The van der Waals surface area contributed by atoms with Gasteiger partial charge in [0, 0.05) is 19.3 Å². The maximum atomic E-state index is 11.5. The van der Waals surface area contributed by atoms with E-state index in [1.165, 1.54) is 0 Å². The third-order valence-corrected chi connectivity index (χ3v) is 2.71. The Morgan fingerprint density at radius 1 is 1.31 bits per heavy atom. The standard InChI is InChI=1S/C9H16N2O2/c12-9(8-1-4-10-8)11-7-2-5-13-6-3-7/h7-8,10H,1-6H2,(H,11,12)/t8-/m1/s1. The van der Waals surface area contributed by atoms with Crippen molar-refractivity contribution in [1.82, 2.24) is 10.6 Å². The van der Waals surface area contributed by atoms with E-state index in [2.05, 4.69) is 10.6 Å². The van der Waals surface area contributed by atoms with E-state index in [0.29, 0.717) is 6.04 Å². The maximum absolute atomic E-state index is 11.5. The summed E-state index contributed by atoms with van der Waals surface area (Å²) in [5, 5.41) is 6.13. The van der Waals surface area contributed by atoms with E-state index in [1.54, 1.807) is 0 Å². The Morgan fingerprint density at radius 3 is 2.54 bits per heavy atom. The number of rotatable bonds is 2. The van der Waals surface area contributed by atoms with Gasteiger partial charge in [-0.1, -0.05) is 0 Å². The molecule has 0 aromatic carbocycles. The minimum atomic E-state index is 0.0721. The quantitative estimate of drug-likeness (QED) is 0.616. The molecular formula is C9H16N2O2. The van der Waals surface area contributed by atoms with Gasteiger partial charge in [0.15, 0.2) is 0 Å². The van der Waals surface area contributed by atoms with Crippen LogP contribution in [0.5, 0.6) is 0 Å². The summed E-state index contributed by atoms with van der Waals surface area (Å²) in [6.07, 6.45) is 2.89. The third kappa shape index (κ3) is 2.19. The molecule has 2 rings (SSSR count). The molecule has 0 aromatic rings. The lowest BCUT2D eigenvalue weighted by atomic mass is 10.0. The number of nitrogens with one attached hydrogen (secondary N) is 2. The van der Waals surface area contributed by atoms with E-state index in [-0.39, 0.29) is 11.9 Å². The van der Waals surface area contributed by atoms with Crippen molar-refractivity contribution >= 4 is 5.91 Å². The fraction of sp³-hybridized carbons (Fsp3) is 0.889. The molecule has 0 bridgehead atoms. The fourth-order valence-corrected chi connectivity index (χ4v) is 1.66. The van der Waals surface area contributed by atoms with E-state index >= 15 is 0 Å². The van der Waals surface area contributed by atoms with Crippen LogP contribution in [0.25, 0.3) is 0 Å². The summed E-state index contributed by atoms with van der Waals surface area (Å²) in [6, 6.07) is 0.409. The van der Waals surface area contributed by atoms with Crippen molar-refractivity contribution in [2.75, 3.05) is 19.8 Å². The van der Waals surface area contributed by atoms with Crippen molar-refractivity contribution in [1.29, 1.82) is 0 Å². The summed E-state index contributed by atoms with van der Waals surface area (Å²) in [5.41, 5.74) is 0. The zero-order valence-corrected chi connectivity index (χ0v) is 7.71. The molecule has 0 radical (unpaired) electrons. The van der Waals surface area contributed by atoms with Crippen molar-refractivity contribution in [2.45, 2.75) is 31.3 Å². The van der Waals surface area contributed by atoms with Gasteiger partial charge < -0.3 is 15.4 Å². The minimum Gasteiger partial charge on any atom is -0.381 e. The molecular weight excluding hydrogens is 168 g/mol. The topological polar surface area (TPSA) is 50.4 Å². The number of carbonyl (C=O) groups excluding carboxylic acids is 1. The zero-order valence-electron chi connectivity index (χ0n) is 7.71. The van der Waals surface area contributed by atoms with Crippen molar-refractivity contribution in [3.63, 3.8) is 0 Å². The number of hydrogen-bond acceptors (Lipinski definition) is 3. The first-order valence-corrected chi connectivity index (χ1v) is 4.98. The van der Waals surface area contributed by atoms with Crippen LogP contribution in [0.2, 0.25) is 0 Å². The predicted octanol–water partition coefficient (Wildman–Crippen LogP) is -0.357. The Balaban J connectivity index is 1.72. The SMILES string of the molecule is O=C(NC1CCOCC1)[C@H]1CCN1. The predicted molar refractivity (Wildman–Crippen MR) is 48.4 cm³/mol. The molecule has 13 heavy (non-hydrogen) atoms. The summed E-state index contributed by atoms with van der Waals surface area (Å²) in [7, 11) is 0. The fourth-order valence-electron chi connectivity index (χ4n) is 1.66. The van der Waals surface area contributed by atoms with Gasteiger partial charge in [-0.05, 0) is 25.8 Å². The van der Waals surface area contributed by atoms with Crippen molar-refractivity contribution < 1.29 is 9.53 Å². The largest absolute Gasteiger partial charge is 0.381 e. The van der Waals surface area contributed by atoms with Crippen LogP contribution in [0.15, 0.2) is 0 Å². The first-order chi connectivity index (χ1) is 6.36. The smallest absolute Gasteiger partial charge is 0.237 e. The van der Waals surface area contributed by atoms with Crippen molar-refractivity contribution in [3.8, 4) is 0 Å². The molecule has 2 N–H and O–H groups in total. The molecule has 0 aromatic heterocycles. The first kappa shape index (κ1) is 8.97. The molecule has 1 atom stereocenters. The Bertz CT molecular complexity index is 186.